The first-order valence-electron chi connectivity index (χ1n) is 9.28. The summed E-state index contributed by atoms with van der Waals surface area (Å²) in [7, 11) is 1.35. The van der Waals surface area contributed by atoms with Crippen molar-refractivity contribution < 1.29 is 9.53 Å². The number of ether oxygens (including phenoxy) is 1. The molecule has 28 heavy (non-hydrogen) atoms. The third kappa shape index (κ3) is 4.84. The lowest BCUT2D eigenvalue weighted by Crippen LogP contribution is -2.29. The van der Waals surface area contributed by atoms with E-state index in [1.54, 1.807) is 15.3 Å². The van der Waals surface area contributed by atoms with Gasteiger partial charge < -0.3 is 10.5 Å². The van der Waals surface area contributed by atoms with E-state index < -0.39 is 0 Å². The Kier molecular flexibility index (Phi) is 7.45. The number of benzene rings is 1. The van der Waals surface area contributed by atoms with Crippen molar-refractivity contribution in [1.82, 2.24) is 9.13 Å². The van der Waals surface area contributed by atoms with Gasteiger partial charge in [-0.1, -0.05) is 24.3 Å². The summed E-state index contributed by atoms with van der Waals surface area (Å²) >= 11 is 0. The Morgan fingerprint density at radius 3 is 2.39 bits per heavy atom. The number of aromatic nitrogens is 2. The first-order chi connectivity index (χ1) is 13.0. The Morgan fingerprint density at radius 1 is 1.18 bits per heavy atom. The molecule has 0 unspecified atom stereocenters. The average Bonchev–Trinajstić information content (AvgIpc) is 3.06. The third-order valence-electron chi connectivity index (χ3n) is 5.44. The van der Waals surface area contributed by atoms with Crippen molar-refractivity contribution >= 4 is 24.2 Å². The number of nitrogens with zero attached hydrogens (tertiary/aromatic N) is 2. The number of hydrogen-bond donors (Lipinski definition) is 2. The van der Waals surface area contributed by atoms with Crippen LogP contribution in [0.1, 0.15) is 55.2 Å². The van der Waals surface area contributed by atoms with E-state index in [2.05, 4.69) is 16.9 Å². The minimum atomic E-state index is -0.314. The van der Waals surface area contributed by atoms with Crippen LogP contribution >= 0.6 is 12.4 Å². The van der Waals surface area contributed by atoms with Gasteiger partial charge in [0.2, 0.25) is 0 Å². The minimum absolute atomic E-state index is 0. The molecule has 1 aliphatic rings. The van der Waals surface area contributed by atoms with Gasteiger partial charge >= 0.3 is 11.7 Å². The molecule has 0 radical (unpaired) electrons. The average molecular weight is 407 g/mol. The lowest BCUT2D eigenvalue weighted by atomic mass is 9.81. The zero-order chi connectivity index (χ0) is 19.4. The van der Waals surface area contributed by atoms with Crippen molar-refractivity contribution in [2.75, 3.05) is 7.11 Å². The fraction of sp³-hybridized carbons (Fsp3) is 0.450. The van der Waals surface area contributed by atoms with Crippen molar-refractivity contribution in [2.24, 2.45) is 5.73 Å². The fourth-order valence-electron chi connectivity index (χ4n) is 3.81. The summed E-state index contributed by atoms with van der Waals surface area (Å²) in [6, 6.07) is 8.10. The van der Waals surface area contributed by atoms with E-state index in [0.717, 1.165) is 31.2 Å². The number of carbonyl (C=O) groups is 1. The summed E-state index contributed by atoms with van der Waals surface area (Å²) < 4.78 is 8.00. The molecule has 0 aliphatic heterocycles. The van der Waals surface area contributed by atoms with Crippen molar-refractivity contribution in [3.05, 3.63) is 58.3 Å². The molecule has 1 fully saturated rings. The molecule has 3 N–H and O–H groups in total. The first kappa shape index (κ1) is 21.8. The Hall–Kier alpha value is -2.54. The monoisotopic (exact) mass is 406 g/mol. The molecule has 0 spiro atoms. The molecule has 2 aromatic rings. The summed E-state index contributed by atoms with van der Waals surface area (Å²) in [4.78, 5) is 23.8. The van der Waals surface area contributed by atoms with Crippen LogP contribution in [0, 0.1) is 5.41 Å². The highest BCUT2D eigenvalue weighted by atomic mass is 35.5. The molecule has 1 aromatic carbocycles. The van der Waals surface area contributed by atoms with Gasteiger partial charge in [-0.3, -0.25) is 19.3 Å². The Labute approximate surface area is 170 Å². The van der Waals surface area contributed by atoms with Gasteiger partial charge in [0.15, 0.2) is 0 Å². The smallest absolute Gasteiger partial charge is 0.328 e. The van der Waals surface area contributed by atoms with Gasteiger partial charge in [-0.05, 0) is 37.2 Å². The number of methoxy groups -OCH3 is 1. The highest BCUT2D eigenvalue weighted by molar-refractivity contribution is 5.94. The number of imidazole rings is 1. The zero-order valence-corrected chi connectivity index (χ0v) is 16.8. The molecule has 0 bridgehead atoms. The summed E-state index contributed by atoms with van der Waals surface area (Å²) in [5, 5.41) is 7.48. The Balaban J connectivity index is 0.00000280. The van der Waals surface area contributed by atoms with E-state index in [0.29, 0.717) is 12.5 Å². The summed E-state index contributed by atoms with van der Waals surface area (Å²) in [5.74, 6) is 0.242. The number of nitrogens with one attached hydrogen (secondary N) is 1. The second kappa shape index (κ2) is 9.59. The number of nitrogen functional groups attached to an aromatic ring is 1. The molecular formula is C20H27ClN4O3. The van der Waals surface area contributed by atoms with Gasteiger partial charge in [0.1, 0.15) is 5.84 Å². The highest BCUT2D eigenvalue weighted by Crippen LogP contribution is 2.37. The van der Waals surface area contributed by atoms with Gasteiger partial charge in [0, 0.05) is 30.5 Å². The molecule has 1 aliphatic carbocycles. The van der Waals surface area contributed by atoms with E-state index in [9.17, 15) is 9.59 Å². The van der Waals surface area contributed by atoms with E-state index in [1.165, 1.54) is 12.7 Å². The molecule has 0 amide bonds. The summed E-state index contributed by atoms with van der Waals surface area (Å²) in [6.07, 6.45) is 7.70. The maximum Gasteiger partial charge on any atom is 0.328 e. The van der Waals surface area contributed by atoms with Gasteiger partial charge in [0.05, 0.1) is 13.5 Å². The molecule has 1 saturated carbocycles. The zero-order valence-electron chi connectivity index (χ0n) is 16.0. The van der Waals surface area contributed by atoms with Crippen LogP contribution in [0.25, 0.3) is 0 Å². The van der Waals surface area contributed by atoms with Gasteiger partial charge in [0.25, 0.3) is 0 Å². The van der Waals surface area contributed by atoms with E-state index >= 15 is 0 Å². The van der Waals surface area contributed by atoms with E-state index in [-0.39, 0.29) is 42.4 Å². The standard InChI is InChI=1S/C20H26N4O3.ClH/c1-27-18(25)10-11-23-12-13-24(20(23)26)17-8-6-15(7-9-17)14-2-4-16(5-3-14)19(21)22;/h2-5,12-13,15,17H,6-11H2,1H3,(H3,21,22);1H. The third-order valence-corrected chi connectivity index (χ3v) is 5.44. The number of rotatable bonds is 6. The molecule has 0 atom stereocenters. The molecule has 1 heterocycles. The number of halogens is 1. The molecule has 7 nitrogen and oxygen atoms in total. The van der Waals surface area contributed by atoms with E-state index in [1.807, 2.05) is 18.3 Å². The number of esters is 1. The van der Waals surface area contributed by atoms with Crippen LogP contribution in [0.4, 0.5) is 0 Å². The van der Waals surface area contributed by atoms with Crippen molar-refractivity contribution in [3.63, 3.8) is 0 Å². The predicted octanol–water partition coefficient (Wildman–Crippen LogP) is 2.82. The van der Waals surface area contributed by atoms with Gasteiger partial charge in [-0.15, -0.1) is 12.4 Å². The maximum absolute atomic E-state index is 12.6. The lowest BCUT2D eigenvalue weighted by molar-refractivity contribution is -0.140. The van der Waals surface area contributed by atoms with Crippen molar-refractivity contribution in [2.45, 2.75) is 50.6 Å². The minimum Gasteiger partial charge on any atom is -0.469 e. The number of carbonyl (C=O) groups excluding carboxylic acids is 1. The number of aryl methyl sites for hydroxylation is 1. The number of nitrogens with two attached hydrogens (primary N) is 1. The summed E-state index contributed by atoms with van der Waals surface area (Å²) in [5.41, 5.74) is 7.46. The van der Waals surface area contributed by atoms with E-state index in [4.69, 9.17) is 11.1 Å². The van der Waals surface area contributed by atoms with Gasteiger partial charge in [-0.25, -0.2) is 4.79 Å². The topological polar surface area (TPSA) is 103 Å². The lowest BCUT2D eigenvalue weighted by Gasteiger charge is -2.29. The largest absolute Gasteiger partial charge is 0.469 e. The molecule has 8 heteroatoms. The van der Waals surface area contributed by atoms with Crippen LogP contribution in [0.2, 0.25) is 0 Å². The second-order valence-corrected chi connectivity index (χ2v) is 7.05. The van der Waals surface area contributed by atoms with Gasteiger partial charge in [-0.2, -0.15) is 0 Å². The first-order valence-corrected chi connectivity index (χ1v) is 9.28. The quantitative estimate of drug-likeness (QED) is 0.437. The molecular weight excluding hydrogens is 380 g/mol. The highest BCUT2D eigenvalue weighted by Gasteiger charge is 2.25. The van der Waals surface area contributed by atoms with Crippen molar-refractivity contribution in [3.8, 4) is 0 Å². The Morgan fingerprint density at radius 2 is 1.82 bits per heavy atom. The predicted molar refractivity (Wildman–Crippen MR) is 110 cm³/mol. The fourth-order valence-corrected chi connectivity index (χ4v) is 3.81. The Bertz CT molecular complexity index is 864. The van der Waals surface area contributed by atoms with Crippen molar-refractivity contribution in [1.29, 1.82) is 5.41 Å². The maximum atomic E-state index is 12.6. The van der Waals surface area contributed by atoms with Crippen LogP contribution in [-0.4, -0.2) is 28.0 Å². The molecule has 1 aromatic heterocycles. The molecule has 152 valence electrons. The normalized spacial score (nSPS) is 18.9. The SMILES string of the molecule is COC(=O)CCn1ccn(C2CCC(c3ccc(C(=N)N)cc3)CC2)c1=O.Cl. The number of amidine groups is 1. The van der Waals surface area contributed by atoms with Crippen LogP contribution in [0.5, 0.6) is 0 Å². The van der Waals surface area contributed by atoms with Crippen LogP contribution in [0.3, 0.4) is 0 Å². The second-order valence-electron chi connectivity index (χ2n) is 7.05. The van der Waals surface area contributed by atoms with Crippen LogP contribution in [0.15, 0.2) is 41.5 Å². The molecule has 0 saturated heterocycles. The molecule has 3 rings (SSSR count). The summed E-state index contributed by atoms with van der Waals surface area (Å²) in [6.45, 7) is 0.344. The number of hydrogen-bond acceptors (Lipinski definition) is 4. The van der Waals surface area contributed by atoms with Crippen LogP contribution in [-0.2, 0) is 16.1 Å². The van der Waals surface area contributed by atoms with Crippen LogP contribution < -0.4 is 11.4 Å².